The molecule has 3 fully saturated rings. The van der Waals surface area contributed by atoms with Gasteiger partial charge >= 0.3 is 0 Å². The Labute approximate surface area is 153 Å². The van der Waals surface area contributed by atoms with Gasteiger partial charge in [0.2, 0.25) is 11.8 Å². The maximum Gasteiger partial charge on any atom is 0.240 e. The molecule has 1 aromatic heterocycles. The van der Waals surface area contributed by atoms with Crippen molar-refractivity contribution < 1.29 is 9.32 Å². The van der Waals surface area contributed by atoms with Gasteiger partial charge in [-0.1, -0.05) is 11.6 Å². The lowest BCUT2D eigenvalue weighted by molar-refractivity contribution is -0.146. The molecule has 4 rings (SSSR count). The van der Waals surface area contributed by atoms with Gasteiger partial charge < -0.3 is 9.42 Å². The Kier molecular flexibility index (Phi) is 5.04. The van der Waals surface area contributed by atoms with Crippen LogP contribution in [0.25, 0.3) is 0 Å². The molecule has 0 bridgehead atoms. The summed E-state index contributed by atoms with van der Waals surface area (Å²) in [6, 6.07) is 0. The summed E-state index contributed by atoms with van der Waals surface area (Å²) in [5.41, 5.74) is -0.163. The first-order valence-electron chi connectivity index (χ1n) is 9.51. The van der Waals surface area contributed by atoms with Crippen molar-refractivity contribution in [2.75, 3.05) is 32.4 Å². The van der Waals surface area contributed by atoms with E-state index in [1.54, 1.807) is 11.8 Å². The lowest BCUT2D eigenvalue weighted by atomic mass is 9.77. The molecule has 1 spiro atoms. The van der Waals surface area contributed by atoms with Gasteiger partial charge in [-0.25, -0.2) is 0 Å². The number of carbonyl (C=O) groups is 1. The van der Waals surface area contributed by atoms with Crippen LogP contribution < -0.4 is 0 Å². The van der Waals surface area contributed by atoms with Crippen LogP contribution in [0.1, 0.15) is 50.2 Å². The van der Waals surface area contributed by atoms with Crippen molar-refractivity contribution in [3.63, 3.8) is 0 Å². The van der Waals surface area contributed by atoms with E-state index in [-0.39, 0.29) is 5.41 Å². The summed E-state index contributed by atoms with van der Waals surface area (Å²) in [5.74, 6) is 3.38. The molecule has 1 amide bonds. The first-order chi connectivity index (χ1) is 12.2. The van der Waals surface area contributed by atoms with Crippen molar-refractivity contribution in [2.24, 2.45) is 11.3 Å². The van der Waals surface area contributed by atoms with E-state index < -0.39 is 0 Å². The lowest BCUT2D eigenvalue weighted by Crippen LogP contribution is -2.51. The van der Waals surface area contributed by atoms with Gasteiger partial charge in [0, 0.05) is 19.6 Å². The van der Waals surface area contributed by atoms with E-state index >= 15 is 0 Å². The monoisotopic (exact) mass is 364 g/mol. The van der Waals surface area contributed by atoms with Gasteiger partial charge in [0.25, 0.3) is 0 Å². The third kappa shape index (κ3) is 3.58. The molecular formula is C18H28N4O2S. The number of hydrogen-bond donors (Lipinski definition) is 0. The van der Waals surface area contributed by atoms with Gasteiger partial charge in [0.15, 0.2) is 5.82 Å². The van der Waals surface area contributed by atoms with E-state index in [1.807, 2.05) is 6.26 Å². The predicted octanol–water partition coefficient (Wildman–Crippen LogP) is 2.55. The van der Waals surface area contributed by atoms with Gasteiger partial charge in [-0.15, -0.1) is 0 Å². The molecule has 1 aliphatic carbocycles. The molecule has 1 atom stereocenters. The highest BCUT2D eigenvalue weighted by atomic mass is 32.2. The molecule has 7 heteroatoms. The minimum Gasteiger partial charge on any atom is -0.342 e. The minimum atomic E-state index is -0.163. The zero-order valence-corrected chi connectivity index (χ0v) is 15.9. The maximum atomic E-state index is 13.2. The fourth-order valence-electron chi connectivity index (χ4n) is 4.52. The highest BCUT2D eigenvalue weighted by Crippen LogP contribution is 2.41. The molecule has 3 heterocycles. The number of piperidine rings is 1. The molecule has 1 unspecified atom stereocenters. The van der Waals surface area contributed by atoms with E-state index in [2.05, 4.69) is 19.9 Å². The van der Waals surface area contributed by atoms with Gasteiger partial charge in [0.1, 0.15) is 0 Å². The summed E-state index contributed by atoms with van der Waals surface area (Å²) >= 11 is 1.69. The molecule has 3 aliphatic rings. The zero-order chi connectivity index (χ0) is 17.3. The van der Waals surface area contributed by atoms with E-state index in [4.69, 9.17) is 4.52 Å². The third-order valence-corrected chi connectivity index (χ3v) is 6.65. The Morgan fingerprint density at radius 3 is 2.92 bits per heavy atom. The Balaban J connectivity index is 1.36. The van der Waals surface area contributed by atoms with Crippen LogP contribution in [0.5, 0.6) is 0 Å². The van der Waals surface area contributed by atoms with Crippen LogP contribution in [0, 0.1) is 11.3 Å². The van der Waals surface area contributed by atoms with Crippen LogP contribution in [0.2, 0.25) is 0 Å². The SMILES string of the molecule is CSCc1noc(CN2CCC3(CCCN(CC4CCC4)C3=O)C2)n1. The van der Waals surface area contributed by atoms with Crippen LogP contribution in [0.3, 0.4) is 0 Å². The minimum absolute atomic E-state index is 0.163. The van der Waals surface area contributed by atoms with Crippen LogP contribution in [-0.4, -0.2) is 58.3 Å². The number of hydrogen-bond acceptors (Lipinski definition) is 6. The Bertz CT molecular complexity index is 618. The van der Waals surface area contributed by atoms with Gasteiger partial charge in [-0.05, 0) is 50.8 Å². The molecule has 1 aromatic rings. The van der Waals surface area contributed by atoms with Crippen molar-refractivity contribution in [1.82, 2.24) is 19.9 Å². The van der Waals surface area contributed by atoms with E-state index in [1.165, 1.54) is 19.3 Å². The second-order valence-corrected chi connectivity index (χ2v) is 8.80. The van der Waals surface area contributed by atoms with Crippen molar-refractivity contribution in [1.29, 1.82) is 0 Å². The average molecular weight is 365 g/mol. The molecular weight excluding hydrogens is 336 g/mol. The quantitative estimate of drug-likeness (QED) is 0.773. The summed E-state index contributed by atoms with van der Waals surface area (Å²) in [5, 5.41) is 4.02. The number of carbonyl (C=O) groups excluding carboxylic acids is 1. The summed E-state index contributed by atoms with van der Waals surface area (Å²) in [4.78, 5) is 22.1. The normalized spacial score (nSPS) is 28.0. The zero-order valence-electron chi connectivity index (χ0n) is 15.1. The van der Waals surface area contributed by atoms with Crippen LogP contribution in [0.4, 0.5) is 0 Å². The number of nitrogens with zero attached hydrogens (tertiary/aromatic N) is 4. The molecule has 2 aliphatic heterocycles. The van der Waals surface area contributed by atoms with E-state index in [9.17, 15) is 4.79 Å². The molecule has 25 heavy (non-hydrogen) atoms. The van der Waals surface area contributed by atoms with Gasteiger partial charge in [-0.3, -0.25) is 9.69 Å². The molecule has 1 saturated carbocycles. The third-order valence-electron chi connectivity index (χ3n) is 6.10. The van der Waals surface area contributed by atoms with Crippen molar-refractivity contribution in [3.05, 3.63) is 11.7 Å². The van der Waals surface area contributed by atoms with Gasteiger partial charge in [-0.2, -0.15) is 16.7 Å². The standard InChI is InChI=1S/C18H28N4O2S/c1-25-12-15-19-16(24-20-15)11-21-9-7-18(13-21)6-3-8-22(17(18)23)10-14-4-2-5-14/h14H,2-13H2,1H3. The average Bonchev–Trinajstić information content (AvgIpc) is 3.16. The first-order valence-corrected chi connectivity index (χ1v) is 10.9. The largest absolute Gasteiger partial charge is 0.342 e. The second-order valence-electron chi connectivity index (χ2n) is 7.93. The van der Waals surface area contributed by atoms with E-state index in [0.29, 0.717) is 18.3 Å². The molecule has 0 aromatic carbocycles. The smallest absolute Gasteiger partial charge is 0.240 e. The van der Waals surface area contributed by atoms with Crippen LogP contribution in [-0.2, 0) is 17.1 Å². The highest BCUT2D eigenvalue weighted by molar-refractivity contribution is 7.97. The summed E-state index contributed by atoms with van der Waals surface area (Å²) < 4.78 is 5.37. The van der Waals surface area contributed by atoms with Crippen LogP contribution in [0.15, 0.2) is 4.52 Å². The summed E-state index contributed by atoms with van der Waals surface area (Å²) in [7, 11) is 0. The number of rotatable bonds is 6. The second kappa shape index (κ2) is 7.27. The molecule has 0 N–H and O–H groups in total. The van der Waals surface area contributed by atoms with Gasteiger partial charge in [0.05, 0.1) is 17.7 Å². The summed E-state index contributed by atoms with van der Waals surface area (Å²) in [6.45, 7) is 4.40. The van der Waals surface area contributed by atoms with E-state index in [0.717, 1.165) is 62.9 Å². The Morgan fingerprint density at radius 1 is 1.28 bits per heavy atom. The predicted molar refractivity (Wildman–Crippen MR) is 97.0 cm³/mol. The molecule has 6 nitrogen and oxygen atoms in total. The van der Waals surface area contributed by atoms with Crippen molar-refractivity contribution >= 4 is 17.7 Å². The summed E-state index contributed by atoms with van der Waals surface area (Å²) in [6.07, 6.45) is 9.13. The first kappa shape index (κ1) is 17.3. The van der Waals surface area contributed by atoms with Crippen molar-refractivity contribution in [3.8, 4) is 0 Å². The number of likely N-dealkylation sites (tertiary alicyclic amines) is 2. The number of thioether (sulfide) groups is 1. The van der Waals surface area contributed by atoms with Crippen molar-refractivity contribution in [2.45, 2.75) is 50.8 Å². The Hall–Kier alpha value is -1.08. The highest BCUT2D eigenvalue weighted by Gasteiger charge is 2.48. The molecule has 0 radical (unpaired) electrons. The van der Waals surface area contributed by atoms with Crippen LogP contribution >= 0.6 is 11.8 Å². The topological polar surface area (TPSA) is 62.5 Å². The Morgan fingerprint density at radius 2 is 2.16 bits per heavy atom. The molecule has 2 saturated heterocycles. The maximum absolute atomic E-state index is 13.2. The number of amides is 1. The fraction of sp³-hybridized carbons (Fsp3) is 0.833. The molecule has 138 valence electrons. The number of aromatic nitrogens is 2. The fourth-order valence-corrected chi connectivity index (χ4v) is 4.89. The lowest BCUT2D eigenvalue weighted by Gasteiger charge is -2.42.